The van der Waals surface area contributed by atoms with Gasteiger partial charge in [-0.1, -0.05) is 12.1 Å². The van der Waals surface area contributed by atoms with Crippen LogP contribution < -0.4 is 0 Å². The molecular weight excluding hydrogens is 288 g/mol. The van der Waals surface area contributed by atoms with Crippen molar-refractivity contribution in [1.29, 1.82) is 0 Å². The predicted octanol–water partition coefficient (Wildman–Crippen LogP) is 2.62. The Labute approximate surface area is 138 Å². The van der Waals surface area contributed by atoms with Gasteiger partial charge in [-0.15, -0.1) is 0 Å². The number of rotatable bonds is 4. The van der Waals surface area contributed by atoms with Crippen LogP contribution in [-0.4, -0.2) is 47.0 Å². The molecule has 1 N–H and O–H groups in total. The molecule has 2 heterocycles. The maximum Gasteiger partial charge on any atom is 0.230 e. The number of nitrogens with zero attached hydrogens (tertiary/aromatic N) is 2. The highest BCUT2D eigenvalue weighted by Crippen LogP contribution is 2.42. The van der Waals surface area contributed by atoms with Gasteiger partial charge in [-0.3, -0.25) is 9.69 Å². The Morgan fingerprint density at radius 1 is 1.22 bits per heavy atom. The first-order chi connectivity index (χ1) is 11.1. The van der Waals surface area contributed by atoms with Crippen molar-refractivity contribution in [1.82, 2.24) is 9.80 Å². The number of benzene rings is 1. The zero-order valence-electron chi connectivity index (χ0n) is 13.7. The molecule has 1 unspecified atom stereocenters. The summed E-state index contributed by atoms with van der Waals surface area (Å²) >= 11 is 0. The smallest absolute Gasteiger partial charge is 0.230 e. The Balaban J connectivity index is 1.42. The van der Waals surface area contributed by atoms with Gasteiger partial charge in [0.2, 0.25) is 5.91 Å². The zero-order valence-corrected chi connectivity index (χ0v) is 13.7. The van der Waals surface area contributed by atoms with Crippen molar-refractivity contribution in [2.45, 2.75) is 38.6 Å². The second-order valence-electron chi connectivity index (χ2n) is 7.71. The Hall–Kier alpha value is -1.55. The summed E-state index contributed by atoms with van der Waals surface area (Å²) in [4.78, 5) is 17.6. The first kappa shape index (κ1) is 15.0. The minimum absolute atomic E-state index is 0.135. The van der Waals surface area contributed by atoms with E-state index >= 15 is 0 Å². The Kier molecular flexibility index (Phi) is 3.80. The van der Waals surface area contributed by atoms with Crippen molar-refractivity contribution in [2.24, 2.45) is 11.3 Å². The summed E-state index contributed by atoms with van der Waals surface area (Å²) in [5.41, 5.74) is 0.990. The van der Waals surface area contributed by atoms with Crippen molar-refractivity contribution in [3.63, 3.8) is 0 Å². The van der Waals surface area contributed by atoms with Crippen LogP contribution in [0.1, 0.15) is 37.7 Å². The third-order valence-corrected chi connectivity index (χ3v) is 5.75. The molecule has 0 radical (unpaired) electrons. The molecule has 2 saturated heterocycles. The number of hydrogen-bond donors (Lipinski definition) is 1. The summed E-state index contributed by atoms with van der Waals surface area (Å²) in [7, 11) is 0. The average Bonchev–Trinajstić information content (AvgIpc) is 3.25. The molecule has 3 aliphatic rings. The van der Waals surface area contributed by atoms with Gasteiger partial charge in [0, 0.05) is 26.2 Å². The lowest BCUT2D eigenvalue weighted by Crippen LogP contribution is -2.50. The van der Waals surface area contributed by atoms with E-state index in [4.69, 9.17) is 0 Å². The lowest BCUT2D eigenvalue weighted by atomic mass is 9.78. The number of carbonyl (C=O) groups is 1. The van der Waals surface area contributed by atoms with E-state index in [2.05, 4.69) is 9.80 Å². The molecule has 1 atom stereocenters. The van der Waals surface area contributed by atoms with Crippen molar-refractivity contribution < 1.29 is 9.90 Å². The van der Waals surface area contributed by atoms with Gasteiger partial charge in [0.25, 0.3) is 0 Å². The molecule has 2 aliphatic heterocycles. The summed E-state index contributed by atoms with van der Waals surface area (Å²) in [6.45, 7) is 4.64. The van der Waals surface area contributed by atoms with Crippen LogP contribution in [-0.2, 0) is 11.3 Å². The molecule has 3 fully saturated rings. The SMILES string of the molecule is O=C1N(CC2CC2)CCCC12CCN(Cc1cccc(O)c1)C2. The third-order valence-electron chi connectivity index (χ3n) is 5.75. The molecule has 1 aromatic rings. The summed E-state index contributed by atoms with van der Waals surface area (Å²) in [6, 6.07) is 7.47. The first-order valence-electron chi connectivity index (χ1n) is 8.94. The number of amides is 1. The van der Waals surface area contributed by atoms with Crippen LogP contribution in [0.3, 0.4) is 0 Å². The van der Waals surface area contributed by atoms with E-state index in [0.717, 1.165) is 63.5 Å². The Morgan fingerprint density at radius 3 is 2.87 bits per heavy atom. The van der Waals surface area contributed by atoms with Gasteiger partial charge in [-0.05, 0) is 62.3 Å². The number of piperidine rings is 1. The molecule has 4 heteroatoms. The van der Waals surface area contributed by atoms with Gasteiger partial charge >= 0.3 is 0 Å². The second kappa shape index (κ2) is 5.82. The lowest BCUT2D eigenvalue weighted by Gasteiger charge is -2.39. The van der Waals surface area contributed by atoms with Crippen molar-refractivity contribution in [3.05, 3.63) is 29.8 Å². The van der Waals surface area contributed by atoms with Crippen molar-refractivity contribution >= 4 is 5.91 Å². The molecule has 23 heavy (non-hydrogen) atoms. The summed E-state index contributed by atoms with van der Waals surface area (Å²) < 4.78 is 0. The number of carbonyl (C=O) groups excluding carboxylic acids is 1. The van der Waals surface area contributed by atoms with E-state index in [1.807, 2.05) is 18.2 Å². The van der Waals surface area contributed by atoms with Gasteiger partial charge in [0.05, 0.1) is 5.41 Å². The largest absolute Gasteiger partial charge is 0.508 e. The van der Waals surface area contributed by atoms with Crippen LogP contribution in [0.25, 0.3) is 0 Å². The van der Waals surface area contributed by atoms with E-state index in [1.165, 1.54) is 12.8 Å². The third kappa shape index (κ3) is 3.09. The fraction of sp³-hybridized carbons (Fsp3) is 0.632. The maximum atomic E-state index is 13.0. The fourth-order valence-corrected chi connectivity index (χ4v) is 4.32. The monoisotopic (exact) mass is 314 g/mol. The van der Waals surface area contributed by atoms with Gasteiger partial charge in [-0.2, -0.15) is 0 Å². The minimum atomic E-state index is -0.135. The molecule has 1 saturated carbocycles. The van der Waals surface area contributed by atoms with Crippen LogP contribution in [0.4, 0.5) is 0 Å². The first-order valence-corrected chi connectivity index (χ1v) is 8.94. The lowest BCUT2D eigenvalue weighted by molar-refractivity contribution is -0.145. The highest BCUT2D eigenvalue weighted by molar-refractivity contribution is 5.84. The summed E-state index contributed by atoms with van der Waals surface area (Å²) in [6.07, 6.45) is 5.80. The van der Waals surface area contributed by atoms with E-state index < -0.39 is 0 Å². The molecule has 1 spiro atoms. The molecule has 0 bridgehead atoms. The Bertz CT molecular complexity index is 599. The quantitative estimate of drug-likeness (QED) is 0.929. The van der Waals surface area contributed by atoms with Crippen LogP contribution in [0.5, 0.6) is 5.75 Å². The maximum absolute atomic E-state index is 13.0. The van der Waals surface area contributed by atoms with Gasteiger partial charge in [0.15, 0.2) is 0 Å². The fourth-order valence-electron chi connectivity index (χ4n) is 4.32. The molecule has 4 nitrogen and oxygen atoms in total. The van der Waals surface area contributed by atoms with Gasteiger partial charge < -0.3 is 10.0 Å². The van der Waals surface area contributed by atoms with E-state index in [-0.39, 0.29) is 5.41 Å². The van der Waals surface area contributed by atoms with E-state index in [1.54, 1.807) is 6.07 Å². The van der Waals surface area contributed by atoms with Gasteiger partial charge in [-0.25, -0.2) is 0 Å². The number of likely N-dealkylation sites (tertiary alicyclic amines) is 2. The number of aromatic hydroxyl groups is 1. The van der Waals surface area contributed by atoms with Crippen LogP contribution in [0.15, 0.2) is 24.3 Å². The van der Waals surface area contributed by atoms with Crippen LogP contribution in [0, 0.1) is 11.3 Å². The molecule has 4 rings (SSSR count). The molecule has 0 aromatic heterocycles. The molecule has 1 amide bonds. The van der Waals surface area contributed by atoms with E-state index in [9.17, 15) is 9.90 Å². The number of phenolic OH excluding ortho intramolecular Hbond substituents is 1. The second-order valence-corrected chi connectivity index (χ2v) is 7.71. The zero-order chi connectivity index (χ0) is 15.9. The van der Waals surface area contributed by atoms with Crippen LogP contribution >= 0.6 is 0 Å². The summed E-state index contributed by atoms with van der Waals surface area (Å²) in [5, 5.41) is 9.62. The van der Waals surface area contributed by atoms with Crippen LogP contribution in [0.2, 0.25) is 0 Å². The van der Waals surface area contributed by atoms with Crippen molar-refractivity contribution in [2.75, 3.05) is 26.2 Å². The predicted molar refractivity (Wildman–Crippen MR) is 89.0 cm³/mol. The topological polar surface area (TPSA) is 43.8 Å². The highest BCUT2D eigenvalue weighted by atomic mass is 16.3. The van der Waals surface area contributed by atoms with Gasteiger partial charge in [0.1, 0.15) is 5.75 Å². The minimum Gasteiger partial charge on any atom is -0.508 e. The molecule has 124 valence electrons. The van der Waals surface area contributed by atoms with E-state index in [0.29, 0.717) is 11.7 Å². The summed E-state index contributed by atoms with van der Waals surface area (Å²) in [5.74, 6) is 1.51. The van der Waals surface area contributed by atoms with Crippen molar-refractivity contribution in [3.8, 4) is 5.75 Å². The molecular formula is C19H26N2O2. The molecule has 1 aliphatic carbocycles. The normalized spacial score (nSPS) is 28.7. The number of hydrogen-bond acceptors (Lipinski definition) is 3. The standard InChI is InChI=1S/C19H26N2O2/c22-17-4-1-3-16(11-17)12-20-10-8-19(14-20)7-2-9-21(18(19)23)13-15-5-6-15/h1,3-4,11,15,22H,2,5-10,12-14H2. The molecule has 1 aromatic carbocycles. The highest BCUT2D eigenvalue weighted by Gasteiger charge is 2.48. The number of phenols is 1. The average molecular weight is 314 g/mol. The Morgan fingerprint density at radius 2 is 2.09 bits per heavy atom.